The number of carbonyl (C=O) groups is 1. The summed E-state index contributed by atoms with van der Waals surface area (Å²) in [6, 6.07) is 9.02. The molecular formula is C19H19F3N2O. The average Bonchev–Trinajstić information content (AvgIpc) is 2.57. The zero-order valence-electron chi connectivity index (χ0n) is 13.8. The molecule has 1 saturated carbocycles. The van der Waals surface area contributed by atoms with Gasteiger partial charge in [-0.2, -0.15) is 13.2 Å². The maximum absolute atomic E-state index is 12.6. The quantitative estimate of drug-likeness (QED) is 0.897. The van der Waals surface area contributed by atoms with E-state index >= 15 is 0 Å². The highest BCUT2D eigenvalue weighted by Crippen LogP contribution is 2.38. The van der Waals surface area contributed by atoms with Crippen molar-refractivity contribution < 1.29 is 18.0 Å². The number of rotatable bonds is 4. The summed E-state index contributed by atoms with van der Waals surface area (Å²) in [5, 5.41) is 3.00. The van der Waals surface area contributed by atoms with E-state index < -0.39 is 11.7 Å². The van der Waals surface area contributed by atoms with Gasteiger partial charge in [-0.25, -0.2) is 0 Å². The molecule has 6 heteroatoms. The highest BCUT2D eigenvalue weighted by Gasteiger charge is 2.34. The van der Waals surface area contributed by atoms with Gasteiger partial charge < -0.3 is 5.32 Å². The van der Waals surface area contributed by atoms with Crippen molar-refractivity contribution in [3.63, 3.8) is 0 Å². The second-order valence-corrected chi connectivity index (χ2v) is 6.50. The lowest BCUT2D eigenvalue weighted by atomic mass is 9.75. The Balaban J connectivity index is 1.52. The molecule has 1 aromatic carbocycles. The Bertz CT molecular complexity index is 723. The number of aromatic nitrogens is 1. The van der Waals surface area contributed by atoms with Crippen LogP contribution in [0.25, 0.3) is 0 Å². The molecule has 25 heavy (non-hydrogen) atoms. The molecule has 0 spiro atoms. The Labute approximate surface area is 144 Å². The second kappa shape index (κ2) is 6.86. The summed E-state index contributed by atoms with van der Waals surface area (Å²) in [7, 11) is 0. The SMILES string of the molecule is CC(C(=O)NC1CC(c2ccc(C(F)(F)F)cc2)C1)c1cccnc1. The summed E-state index contributed by atoms with van der Waals surface area (Å²) < 4.78 is 37.8. The van der Waals surface area contributed by atoms with Crippen molar-refractivity contribution in [3.8, 4) is 0 Å². The first-order valence-corrected chi connectivity index (χ1v) is 8.22. The largest absolute Gasteiger partial charge is 0.416 e. The maximum Gasteiger partial charge on any atom is 0.416 e. The lowest BCUT2D eigenvalue weighted by Gasteiger charge is -2.37. The van der Waals surface area contributed by atoms with Crippen molar-refractivity contribution >= 4 is 5.91 Å². The third-order valence-corrected chi connectivity index (χ3v) is 4.77. The number of nitrogens with one attached hydrogen (secondary N) is 1. The summed E-state index contributed by atoms with van der Waals surface area (Å²) in [6.07, 6.45) is 0.523. The topological polar surface area (TPSA) is 42.0 Å². The van der Waals surface area contributed by atoms with Gasteiger partial charge in [0.1, 0.15) is 0 Å². The summed E-state index contributed by atoms with van der Waals surface area (Å²) in [5.41, 5.74) is 1.11. The van der Waals surface area contributed by atoms with Crippen LogP contribution in [0.15, 0.2) is 48.8 Å². The van der Waals surface area contributed by atoms with E-state index in [2.05, 4.69) is 10.3 Å². The van der Waals surface area contributed by atoms with Gasteiger partial charge in [0.25, 0.3) is 0 Å². The van der Waals surface area contributed by atoms with Crippen LogP contribution in [-0.4, -0.2) is 16.9 Å². The molecule has 1 aliphatic rings. The molecule has 0 aliphatic heterocycles. The number of nitrogens with zero attached hydrogens (tertiary/aromatic N) is 1. The fourth-order valence-corrected chi connectivity index (χ4v) is 3.06. The Hall–Kier alpha value is -2.37. The van der Waals surface area contributed by atoms with Crippen LogP contribution < -0.4 is 5.32 Å². The van der Waals surface area contributed by atoms with Gasteiger partial charge in [0.05, 0.1) is 11.5 Å². The molecule has 1 unspecified atom stereocenters. The number of halogens is 3. The summed E-state index contributed by atoms with van der Waals surface area (Å²) in [5.74, 6) is -0.135. The molecule has 1 fully saturated rings. The van der Waals surface area contributed by atoms with Crippen molar-refractivity contribution in [1.29, 1.82) is 0 Å². The van der Waals surface area contributed by atoms with Crippen molar-refractivity contribution in [1.82, 2.24) is 10.3 Å². The molecule has 1 aliphatic carbocycles. The van der Waals surface area contributed by atoms with Crippen LogP contribution in [0.5, 0.6) is 0 Å². The minimum Gasteiger partial charge on any atom is -0.353 e. The minimum absolute atomic E-state index is 0.0520. The summed E-state index contributed by atoms with van der Waals surface area (Å²) >= 11 is 0. The van der Waals surface area contributed by atoms with Crippen molar-refractivity contribution in [2.24, 2.45) is 0 Å². The Morgan fingerprint density at radius 1 is 1.20 bits per heavy atom. The molecule has 2 aromatic rings. The molecular weight excluding hydrogens is 329 g/mol. The number of benzene rings is 1. The van der Waals surface area contributed by atoms with E-state index in [0.29, 0.717) is 0 Å². The smallest absolute Gasteiger partial charge is 0.353 e. The monoisotopic (exact) mass is 348 g/mol. The van der Waals surface area contributed by atoms with Crippen LogP contribution in [0.1, 0.15) is 48.3 Å². The highest BCUT2D eigenvalue weighted by molar-refractivity contribution is 5.83. The van der Waals surface area contributed by atoms with Gasteiger partial charge in [0, 0.05) is 18.4 Å². The summed E-state index contributed by atoms with van der Waals surface area (Å²) in [4.78, 5) is 16.3. The van der Waals surface area contributed by atoms with Gasteiger partial charge in [-0.15, -0.1) is 0 Å². The molecule has 3 rings (SSSR count). The van der Waals surface area contributed by atoms with Crippen molar-refractivity contribution in [2.45, 2.75) is 43.8 Å². The number of hydrogen-bond acceptors (Lipinski definition) is 2. The number of carbonyl (C=O) groups excluding carboxylic acids is 1. The first-order chi connectivity index (χ1) is 11.8. The van der Waals surface area contributed by atoms with Gasteiger partial charge in [0.2, 0.25) is 5.91 Å². The Morgan fingerprint density at radius 3 is 2.44 bits per heavy atom. The van der Waals surface area contributed by atoms with Gasteiger partial charge in [-0.1, -0.05) is 18.2 Å². The molecule has 1 atom stereocenters. The summed E-state index contributed by atoms with van der Waals surface area (Å²) in [6.45, 7) is 1.83. The van der Waals surface area contributed by atoms with Crippen molar-refractivity contribution in [2.75, 3.05) is 0 Å². The molecule has 1 heterocycles. The van der Waals surface area contributed by atoms with Crippen molar-refractivity contribution in [3.05, 3.63) is 65.5 Å². The van der Waals surface area contributed by atoms with Crippen LogP contribution in [0.2, 0.25) is 0 Å². The van der Waals surface area contributed by atoms with Crippen LogP contribution >= 0.6 is 0 Å². The molecule has 3 nitrogen and oxygen atoms in total. The Morgan fingerprint density at radius 2 is 1.88 bits per heavy atom. The molecule has 132 valence electrons. The standard InChI is InChI=1S/C19H19F3N2O/c1-12(14-3-2-8-23-11-14)18(25)24-17-9-15(10-17)13-4-6-16(7-5-13)19(20,21)22/h2-8,11-12,15,17H,9-10H2,1H3,(H,24,25). The van der Waals surface area contributed by atoms with Crippen LogP contribution in [0.4, 0.5) is 13.2 Å². The lowest BCUT2D eigenvalue weighted by Crippen LogP contribution is -2.44. The van der Waals surface area contributed by atoms with Crippen LogP contribution in [0, 0.1) is 0 Å². The number of amides is 1. The number of pyridine rings is 1. The molecule has 1 amide bonds. The Kier molecular flexibility index (Phi) is 4.79. The van der Waals surface area contributed by atoms with Gasteiger partial charge in [-0.05, 0) is 55.0 Å². The van der Waals surface area contributed by atoms with E-state index in [0.717, 1.165) is 36.1 Å². The third kappa shape index (κ3) is 4.00. The van der Waals surface area contributed by atoms with E-state index in [1.54, 1.807) is 18.5 Å². The predicted molar refractivity (Wildman–Crippen MR) is 88.0 cm³/mol. The highest BCUT2D eigenvalue weighted by atomic mass is 19.4. The predicted octanol–water partition coefficient (Wildman–Crippen LogP) is 4.27. The first kappa shape index (κ1) is 17.5. The van der Waals surface area contributed by atoms with E-state index in [1.807, 2.05) is 13.0 Å². The fraction of sp³-hybridized carbons (Fsp3) is 0.368. The van der Waals surface area contributed by atoms with Gasteiger partial charge >= 0.3 is 6.18 Å². The molecule has 1 aromatic heterocycles. The van der Waals surface area contributed by atoms with Gasteiger partial charge in [-0.3, -0.25) is 9.78 Å². The number of hydrogen-bond donors (Lipinski definition) is 1. The van der Waals surface area contributed by atoms with Crippen LogP contribution in [0.3, 0.4) is 0 Å². The zero-order chi connectivity index (χ0) is 18.0. The van der Waals surface area contributed by atoms with E-state index in [4.69, 9.17) is 0 Å². The fourth-order valence-electron chi connectivity index (χ4n) is 3.06. The first-order valence-electron chi connectivity index (χ1n) is 8.22. The second-order valence-electron chi connectivity index (χ2n) is 6.50. The van der Waals surface area contributed by atoms with Crippen LogP contribution in [-0.2, 0) is 11.0 Å². The minimum atomic E-state index is -4.31. The lowest BCUT2D eigenvalue weighted by molar-refractivity contribution is -0.137. The van der Waals surface area contributed by atoms with E-state index in [1.165, 1.54) is 12.1 Å². The number of alkyl halides is 3. The maximum atomic E-state index is 12.6. The zero-order valence-corrected chi connectivity index (χ0v) is 13.8. The average molecular weight is 348 g/mol. The molecule has 1 N–H and O–H groups in total. The van der Waals surface area contributed by atoms with E-state index in [-0.39, 0.29) is 23.8 Å². The molecule has 0 bridgehead atoms. The molecule has 0 saturated heterocycles. The van der Waals surface area contributed by atoms with E-state index in [9.17, 15) is 18.0 Å². The molecule has 0 radical (unpaired) electrons. The van der Waals surface area contributed by atoms with Gasteiger partial charge in [0.15, 0.2) is 0 Å². The normalized spacial score (nSPS) is 21.3. The third-order valence-electron chi connectivity index (χ3n) is 4.77.